The Morgan fingerprint density at radius 3 is 2.77 bits per heavy atom. The molecule has 2 rings (SSSR count). The summed E-state index contributed by atoms with van der Waals surface area (Å²) in [4.78, 5) is 13.3. The molecule has 0 unspecified atom stereocenters. The average Bonchev–Trinajstić information content (AvgIpc) is 2.66. The van der Waals surface area contributed by atoms with Crippen molar-refractivity contribution in [2.45, 2.75) is 18.2 Å². The highest BCUT2D eigenvalue weighted by Crippen LogP contribution is 2.22. The van der Waals surface area contributed by atoms with Gasteiger partial charge in [0.25, 0.3) is 5.91 Å². The molecule has 3 nitrogen and oxygen atoms in total. The van der Waals surface area contributed by atoms with Crippen molar-refractivity contribution in [1.82, 2.24) is 5.32 Å². The maximum atomic E-state index is 12.3. The number of amides is 1. The van der Waals surface area contributed by atoms with Crippen LogP contribution in [0.1, 0.15) is 22.8 Å². The normalized spacial score (nSPS) is 9.73. The predicted octanol–water partition coefficient (Wildman–Crippen LogP) is 4.34. The molecule has 26 heavy (non-hydrogen) atoms. The van der Waals surface area contributed by atoms with Crippen LogP contribution in [-0.2, 0) is 6.42 Å². The number of para-hydroxylation sites is 1. The summed E-state index contributed by atoms with van der Waals surface area (Å²) < 4.78 is 5.70. The van der Waals surface area contributed by atoms with Crippen LogP contribution in [0.15, 0.2) is 66.1 Å². The number of hydrogen-bond donors (Lipinski definition) is 1. The molecule has 0 saturated carbocycles. The third-order valence-electron chi connectivity index (χ3n) is 3.53. The Morgan fingerprint density at radius 2 is 1.96 bits per heavy atom. The van der Waals surface area contributed by atoms with Gasteiger partial charge in [-0.1, -0.05) is 55.2 Å². The fraction of sp³-hybridized carbons (Fsp3) is 0.227. The van der Waals surface area contributed by atoms with E-state index < -0.39 is 0 Å². The molecule has 0 aromatic heterocycles. The van der Waals surface area contributed by atoms with Crippen molar-refractivity contribution in [2.24, 2.45) is 0 Å². The average molecular weight is 365 g/mol. The van der Waals surface area contributed by atoms with Crippen molar-refractivity contribution in [3.05, 3.63) is 72.3 Å². The number of hydrogen-bond acceptors (Lipinski definition) is 3. The molecule has 0 fully saturated rings. The fourth-order valence-corrected chi connectivity index (χ4v) is 3.15. The van der Waals surface area contributed by atoms with E-state index in [1.54, 1.807) is 11.8 Å². The zero-order chi connectivity index (χ0) is 18.6. The highest BCUT2D eigenvalue weighted by Gasteiger charge is 2.09. The Kier molecular flexibility index (Phi) is 8.38. The number of rotatable bonds is 8. The standard InChI is InChI=1S/C22H23NO2S/c1-3-11-18-12-5-7-14-20(18)25-17-10-9-16-23-22(24)19-13-6-8-15-21(19)26-4-2/h3,5-8,12-15H,1,4,11,16-17H2,2H3,(H,23,24). The lowest BCUT2D eigenvalue weighted by Gasteiger charge is -2.07. The third kappa shape index (κ3) is 6.02. The summed E-state index contributed by atoms with van der Waals surface area (Å²) in [7, 11) is 0. The van der Waals surface area contributed by atoms with E-state index in [1.165, 1.54) is 0 Å². The van der Waals surface area contributed by atoms with Crippen molar-refractivity contribution in [2.75, 3.05) is 18.9 Å². The Balaban J connectivity index is 1.82. The first-order valence-corrected chi connectivity index (χ1v) is 9.52. The summed E-state index contributed by atoms with van der Waals surface area (Å²) >= 11 is 1.66. The number of ether oxygens (including phenoxy) is 1. The lowest BCUT2D eigenvalue weighted by atomic mass is 10.1. The van der Waals surface area contributed by atoms with E-state index in [-0.39, 0.29) is 12.5 Å². The molecule has 4 heteroatoms. The molecule has 1 amide bonds. The Hall–Kier alpha value is -2.64. The summed E-state index contributed by atoms with van der Waals surface area (Å²) in [6, 6.07) is 15.4. The topological polar surface area (TPSA) is 38.3 Å². The molecule has 0 aliphatic carbocycles. The van der Waals surface area contributed by atoms with Crippen LogP contribution in [0.5, 0.6) is 5.75 Å². The minimum Gasteiger partial charge on any atom is -0.481 e. The molecular formula is C22H23NO2S. The number of benzene rings is 2. The molecule has 0 saturated heterocycles. The van der Waals surface area contributed by atoms with E-state index in [4.69, 9.17) is 4.74 Å². The van der Waals surface area contributed by atoms with Crippen LogP contribution in [0, 0.1) is 11.8 Å². The van der Waals surface area contributed by atoms with E-state index in [1.807, 2.05) is 54.6 Å². The summed E-state index contributed by atoms with van der Waals surface area (Å²) in [6.07, 6.45) is 2.60. The molecule has 0 heterocycles. The molecule has 2 aromatic rings. The summed E-state index contributed by atoms with van der Waals surface area (Å²) in [5.41, 5.74) is 1.78. The summed E-state index contributed by atoms with van der Waals surface area (Å²) in [5.74, 6) is 7.49. The van der Waals surface area contributed by atoms with E-state index in [2.05, 4.69) is 30.7 Å². The van der Waals surface area contributed by atoms with Gasteiger partial charge in [-0.25, -0.2) is 0 Å². The Labute approximate surface area is 159 Å². The molecule has 1 N–H and O–H groups in total. The van der Waals surface area contributed by atoms with Gasteiger partial charge in [0.2, 0.25) is 0 Å². The van der Waals surface area contributed by atoms with Gasteiger partial charge >= 0.3 is 0 Å². The maximum Gasteiger partial charge on any atom is 0.253 e. The highest BCUT2D eigenvalue weighted by molar-refractivity contribution is 7.99. The minimum atomic E-state index is -0.104. The molecule has 0 aliphatic heterocycles. The van der Waals surface area contributed by atoms with Crippen molar-refractivity contribution >= 4 is 17.7 Å². The van der Waals surface area contributed by atoms with Gasteiger partial charge in [-0.05, 0) is 35.9 Å². The number of nitrogens with one attached hydrogen (secondary N) is 1. The second-order valence-electron chi connectivity index (χ2n) is 5.35. The molecule has 134 valence electrons. The monoisotopic (exact) mass is 365 g/mol. The maximum absolute atomic E-state index is 12.3. The predicted molar refractivity (Wildman–Crippen MR) is 109 cm³/mol. The third-order valence-corrected chi connectivity index (χ3v) is 4.49. The Morgan fingerprint density at radius 1 is 1.19 bits per heavy atom. The largest absolute Gasteiger partial charge is 0.481 e. The van der Waals surface area contributed by atoms with Crippen LogP contribution in [0.3, 0.4) is 0 Å². The van der Waals surface area contributed by atoms with Gasteiger partial charge in [-0.15, -0.1) is 18.3 Å². The molecular weight excluding hydrogens is 342 g/mol. The number of carbonyl (C=O) groups excluding carboxylic acids is 1. The zero-order valence-corrected chi connectivity index (χ0v) is 15.8. The highest BCUT2D eigenvalue weighted by atomic mass is 32.2. The first-order chi connectivity index (χ1) is 12.8. The van der Waals surface area contributed by atoms with E-state index in [9.17, 15) is 4.79 Å². The van der Waals surface area contributed by atoms with Crippen LogP contribution >= 0.6 is 11.8 Å². The van der Waals surface area contributed by atoms with Crippen molar-refractivity contribution in [3.8, 4) is 17.6 Å². The molecule has 0 atom stereocenters. The van der Waals surface area contributed by atoms with Crippen molar-refractivity contribution in [3.63, 3.8) is 0 Å². The van der Waals surface area contributed by atoms with Gasteiger partial charge in [0, 0.05) is 4.90 Å². The zero-order valence-electron chi connectivity index (χ0n) is 15.0. The Bertz CT molecular complexity index is 805. The van der Waals surface area contributed by atoms with E-state index in [0.717, 1.165) is 28.4 Å². The van der Waals surface area contributed by atoms with Gasteiger partial charge < -0.3 is 10.1 Å². The van der Waals surface area contributed by atoms with E-state index >= 15 is 0 Å². The lowest BCUT2D eigenvalue weighted by molar-refractivity contribution is 0.0956. The quantitative estimate of drug-likeness (QED) is 0.430. The van der Waals surface area contributed by atoms with Crippen LogP contribution in [0.25, 0.3) is 0 Å². The van der Waals surface area contributed by atoms with Gasteiger partial charge in [0.1, 0.15) is 12.4 Å². The second-order valence-corrected chi connectivity index (χ2v) is 6.66. The van der Waals surface area contributed by atoms with Gasteiger partial charge in [-0.2, -0.15) is 0 Å². The molecule has 0 radical (unpaired) electrons. The smallest absolute Gasteiger partial charge is 0.253 e. The van der Waals surface area contributed by atoms with Crippen LogP contribution in [0.4, 0.5) is 0 Å². The summed E-state index contributed by atoms with van der Waals surface area (Å²) in [5, 5.41) is 2.83. The first-order valence-electron chi connectivity index (χ1n) is 8.53. The number of thioether (sulfide) groups is 1. The number of carbonyl (C=O) groups is 1. The van der Waals surface area contributed by atoms with Gasteiger partial charge in [-0.3, -0.25) is 4.79 Å². The van der Waals surface area contributed by atoms with Crippen LogP contribution < -0.4 is 10.1 Å². The fourth-order valence-electron chi connectivity index (χ4n) is 2.35. The van der Waals surface area contributed by atoms with E-state index in [0.29, 0.717) is 12.1 Å². The van der Waals surface area contributed by atoms with Gasteiger partial charge in [0.05, 0.1) is 12.1 Å². The van der Waals surface area contributed by atoms with Gasteiger partial charge in [0.15, 0.2) is 0 Å². The number of allylic oxidation sites excluding steroid dienone is 1. The van der Waals surface area contributed by atoms with Crippen molar-refractivity contribution < 1.29 is 9.53 Å². The minimum absolute atomic E-state index is 0.104. The van der Waals surface area contributed by atoms with Crippen LogP contribution in [0.2, 0.25) is 0 Å². The molecule has 0 bridgehead atoms. The summed E-state index contributed by atoms with van der Waals surface area (Å²) in [6.45, 7) is 6.40. The van der Waals surface area contributed by atoms with Crippen molar-refractivity contribution in [1.29, 1.82) is 0 Å². The SMILES string of the molecule is C=CCc1ccccc1OCC#CCNC(=O)c1ccccc1SCC. The lowest BCUT2D eigenvalue weighted by Crippen LogP contribution is -2.24. The molecule has 2 aromatic carbocycles. The second kappa shape index (κ2) is 11.1. The van der Waals surface area contributed by atoms with Crippen LogP contribution in [-0.4, -0.2) is 24.8 Å². The molecule has 0 aliphatic rings. The molecule has 0 spiro atoms. The first kappa shape index (κ1) is 19.7.